The summed E-state index contributed by atoms with van der Waals surface area (Å²) < 4.78 is 36.0. The van der Waals surface area contributed by atoms with Gasteiger partial charge in [0.2, 0.25) is 5.91 Å². The molecule has 2 fully saturated rings. The number of aromatic amines is 1. The highest BCUT2D eigenvalue weighted by molar-refractivity contribution is 6.09. The molecular formula is C26H29F2N5O4. The lowest BCUT2D eigenvalue weighted by Gasteiger charge is -2.15. The zero-order valence-electron chi connectivity index (χ0n) is 20.6. The van der Waals surface area contributed by atoms with E-state index < -0.39 is 42.5 Å². The number of amides is 2. The first-order chi connectivity index (χ1) is 17.8. The summed E-state index contributed by atoms with van der Waals surface area (Å²) in [5, 5.41) is 14.2. The monoisotopic (exact) mass is 513 g/mol. The first-order valence-corrected chi connectivity index (χ1v) is 12.4. The Morgan fingerprint density at radius 1 is 1.19 bits per heavy atom. The maximum Gasteiger partial charge on any atom is 0.255 e. The molecule has 2 aliphatic carbocycles. The summed E-state index contributed by atoms with van der Waals surface area (Å²) in [6.07, 6.45) is 2.30. The third kappa shape index (κ3) is 5.00. The van der Waals surface area contributed by atoms with Gasteiger partial charge in [0.1, 0.15) is 41.9 Å². The van der Waals surface area contributed by atoms with Gasteiger partial charge in [0.05, 0.1) is 29.3 Å². The fourth-order valence-corrected chi connectivity index (χ4v) is 4.85. The Morgan fingerprint density at radius 3 is 2.70 bits per heavy atom. The van der Waals surface area contributed by atoms with Crippen LogP contribution >= 0.6 is 0 Å². The number of rotatable bonds is 8. The zero-order chi connectivity index (χ0) is 26.3. The smallest absolute Gasteiger partial charge is 0.255 e. The maximum atomic E-state index is 15.4. The lowest BCUT2D eigenvalue weighted by atomic mass is 10.0. The normalized spacial score (nSPS) is 21.3. The number of hydrogen-bond donors (Lipinski definition) is 4. The van der Waals surface area contributed by atoms with Gasteiger partial charge in [-0.2, -0.15) is 0 Å². The Kier molecular flexibility index (Phi) is 6.80. The molecule has 0 aliphatic heterocycles. The quantitative estimate of drug-likeness (QED) is 0.367. The molecule has 1 aromatic carbocycles. The Morgan fingerprint density at radius 2 is 1.97 bits per heavy atom. The first-order valence-electron chi connectivity index (χ1n) is 12.4. The van der Waals surface area contributed by atoms with Crippen LogP contribution in [0, 0.1) is 25.6 Å². The molecule has 4 N–H and O–H groups in total. The number of ether oxygens (including phenoxy) is 1. The molecule has 0 saturated heterocycles. The maximum absolute atomic E-state index is 15.4. The van der Waals surface area contributed by atoms with E-state index >= 15 is 4.39 Å². The molecule has 5 rings (SSSR count). The Labute approximate surface area is 212 Å². The molecule has 11 heteroatoms. The molecule has 3 atom stereocenters. The lowest BCUT2D eigenvalue weighted by molar-refractivity contribution is -0.124. The van der Waals surface area contributed by atoms with Crippen molar-refractivity contribution < 1.29 is 28.2 Å². The van der Waals surface area contributed by atoms with E-state index in [1.165, 1.54) is 6.33 Å². The van der Waals surface area contributed by atoms with Crippen LogP contribution in [0.5, 0.6) is 5.75 Å². The predicted octanol–water partition coefficient (Wildman–Crippen LogP) is 2.88. The number of fused-ring (bicyclic) bond motifs is 1. The molecule has 196 valence electrons. The van der Waals surface area contributed by atoms with Crippen LogP contribution in [0.1, 0.15) is 47.3 Å². The van der Waals surface area contributed by atoms with Gasteiger partial charge < -0.3 is 25.5 Å². The topological polar surface area (TPSA) is 129 Å². The Hall–Kier alpha value is -3.60. The molecular weight excluding hydrogens is 484 g/mol. The molecule has 3 aromatic rings. The van der Waals surface area contributed by atoms with Crippen molar-refractivity contribution in [2.24, 2.45) is 5.92 Å². The van der Waals surface area contributed by atoms with Gasteiger partial charge in [0.15, 0.2) is 0 Å². The molecule has 2 amide bonds. The van der Waals surface area contributed by atoms with E-state index in [1.807, 2.05) is 0 Å². The van der Waals surface area contributed by atoms with Crippen LogP contribution in [0.3, 0.4) is 0 Å². The van der Waals surface area contributed by atoms with Crippen molar-refractivity contribution in [3.8, 4) is 17.0 Å². The third-order valence-corrected chi connectivity index (χ3v) is 7.01. The average Bonchev–Trinajstić information content (AvgIpc) is 3.55. The molecule has 0 radical (unpaired) electrons. The summed E-state index contributed by atoms with van der Waals surface area (Å²) in [4.78, 5) is 36.5. The zero-order valence-corrected chi connectivity index (χ0v) is 20.6. The number of benzene rings is 1. The molecule has 2 saturated carbocycles. The van der Waals surface area contributed by atoms with Crippen LogP contribution in [0.2, 0.25) is 0 Å². The van der Waals surface area contributed by atoms with Gasteiger partial charge in [0, 0.05) is 18.2 Å². The van der Waals surface area contributed by atoms with Gasteiger partial charge in [-0.25, -0.2) is 18.7 Å². The molecule has 37 heavy (non-hydrogen) atoms. The first kappa shape index (κ1) is 25.1. The fraction of sp³-hybridized carbons (Fsp3) is 0.462. The van der Waals surface area contributed by atoms with Crippen molar-refractivity contribution in [1.82, 2.24) is 25.6 Å². The number of aromatic nitrogens is 3. The second-order valence-electron chi connectivity index (χ2n) is 9.88. The van der Waals surface area contributed by atoms with Crippen molar-refractivity contribution in [2.45, 2.75) is 57.8 Å². The van der Waals surface area contributed by atoms with E-state index in [4.69, 9.17) is 9.84 Å². The van der Waals surface area contributed by atoms with E-state index in [9.17, 15) is 14.0 Å². The lowest BCUT2D eigenvalue weighted by Crippen LogP contribution is -2.40. The van der Waals surface area contributed by atoms with Gasteiger partial charge in [0.25, 0.3) is 5.91 Å². The van der Waals surface area contributed by atoms with E-state index in [0.29, 0.717) is 35.0 Å². The summed E-state index contributed by atoms with van der Waals surface area (Å²) in [6.45, 7) is 3.15. The number of carbonyl (C=O) groups is 2. The summed E-state index contributed by atoms with van der Waals surface area (Å²) in [5.74, 6) is -0.754. The minimum Gasteiger partial charge on any atom is -0.492 e. The molecule has 9 nitrogen and oxygen atoms in total. The van der Waals surface area contributed by atoms with Gasteiger partial charge in [-0.3, -0.25) is 9.59 Å². The number of H-pyrrole nitrogens is 1. The largest absolute Gasteiger partial charge is 0.492 e. The number of nitrogens with zero attached hydrogens (tertiary/aromatic N) is 2. The van der Waals surface area contributed by atoms with Gasteiger partial charge in [-0.1, -0.05) is 6.07 Å². The van der Waals surface area contributed by atoms with Gasteiger partial charge >= 0.3 is 0 Å². The fourth-order valence-electron chi connectivity index (χ4n) is 4.85. The molecule has 2 aromatic heterocycles. The predicted molar refractivity (Wildman–Crippen MR) is 131 cm³/mol. The van der Waals surface area contributed by atoms with E-state index in [-0.39, 0.29) is 35.2 Å². The third-order valence-electron chi connectivity index (χ3n) is 7.01. The minimum absolute atomic E-state index is 0.0339. The van der Waals surface area contributed by atoms with Crippen molar-refractivity contribution >= 4 is 22.8 Å². The second-order valence-corrected chi connectivity index (χ2v) is 9.88. The second kappa shape index (κ2) is 10.0. The van der Waals surface area contributed by atoms with Crippen molar-refractivity contribution in [1.29, 1.82) is 0 Å². The van der Waals surface area contributed by atoms with E-state index in [1.54, 1.807) is 26.0 Å². The van der Waals surface area contributed by atoms with Crippen molar-refractivity contribution in [3.63, 3.8) is 0 Å². The number of carbonyl (C=O) groups excluding carboxylic acids is 2. The number of nitrogens with one attached hydrogen (secondary N) is 3. The number of aliphatic hydroxyl groups is 1. The molecule has 3 unspecified atom stereocenters. The van der Waals surface area contributed by atoms with Crippen molar-refractivity contribution in [3.05, 3.63) is 41.1 Å². The highest BCUT2D eigenvalue weighted by Crippen LogP contribution is 2.39. The summed E-state index contributed by atoms with van der Waals surface area (Å²) in [6, 6.07) is 2.07. The number of aliphatic hydroxyl groups excluding tert-OH is 1. The Bertz CT molecular complexity index is 1360. The number of alkyl halides is 1. The molecule has 0 bridgehead atoms. The van der Waals surface area contributed by atoms with E-state index in [2.05, 4.69) is 25.6 Å². The molecule has 2 aliphatic rings. The summed E-state index contributed by atoms with van der Waals surface area (Å²) >= 11 is 0. The number of halogens is 2. The van der Waals surface area contributed by atoms with Crippen LogP contribution in [0.4, 0.5) is 8.78 Å². The van der Waals surface area contributed by atoms with E-state index in [0.717, 1.165) is 12.8 Å². The number of hydrogen-bond acceptors (Lipinski definition) is 6. The van der Waals surface area contributed by atoms with Crippen molar-refractivity contribution in [2.75, 3.05) is 13.2 Å². The molecule has 0 spiro atoms. The van der Waals surface area contributed by atoms with Crippen LogP contribution in [-0.2, 0) is 4.79 Å². The van der Waals surface area contributed by atoms with Crippen LogP contribution in [-0.4, -0.2) is 63.3 Å². The standard InChI is InChI=1S/C26H29F2N5O4/c1-12-3-6-18(37-10-14-4-5-14)21(22(12)28)24-25-23(29-11-30-24)20(13(2)31-25)26(36)33-17-8-15(7-16(17)27)32-19(35)9-34/h3,6,11,14-17,31,34H,4-5,7-10H2,1-2H3,(H,32,35)(H,33,36). The average molecular weight is 514 g/mol. The summed E-state index contributed by atoms with van der Waals surface area (Å²) in [5.41, 5.74) is 2.25. The van der Waals surface area contributed by atoms with Gasteiger partial charge in [-0.05, 0) is 50.7 Å². The number of aryl methyl sites for hydroxylation is 2. The highest BCUT2D eigenvalue weighted by Gasteiger charge is 2.37. The summed E-state index contributed by atoms with van der Waals surface area (Å²) in [7, 11) is 0. The highest BCUT2D eigenvalue weighted by atomic mass is 19.1. The van der Waals surface area contributed by atoms with Gasteiger partial charge in [-0.15, -0.1) is 0 Å². The molecule has 2 heterocycles. The van der Waals surface area contributed by atoms with Crippen LogP contribution in [0.25, 0.3) is 22.3 Å². The van der Waals surface area contributed by atoms with Crippen LogP contribution in [0.15, 0.2) is 18.5 Å². The van der Waals surface area contributed by atoms with Crippen LogP contribution < -0.4 is 15.4 Å². The Balaban J connectivity index is 1.45. The SMILES string of the molecule is Cc1ccc(OCC2CC2)c(-c2ncnc3c(C(=O)NC4CC(NC(=O)CO)CC4F)c(C)[nH]c23)c1F. The minimum atomic E-state index is -1.36.